The summed E-state index contributed by atoms with van der Waals surface area (Å²) >= 11 is 0. The van der Waals surface area contributed by atoms with Crippen LogP contribution in [0, 0.1) is 5.92 Å². The van der Waals surface area contributed by atoms with E-state index in [0.29, 0.717) is 18.2 Å². The Hall–Kier alpha value is -2.08. The molecular formula is C24H36N2O4. The van der Waals surface area contributed by atoms with Gasteiger partial charge in [-0.3, -0.25) is 9.59 Å². The number of rotatable bonds is 7. The van der Waals surface area contributed by atoms with Gasteiger partial charge in [-0.1, -0.05) is 45.2 Å². The van der Waals surface area contributed by atoms with Gasteiger partial charge in [0, 0.05) is 25.7 Å². The molecule has 1 aromatic rings. The van der Waals surface area contributed by atoms with Crippen molar-refractivity contribution in [1.29, 1.82) is 0 Å². The van der Waals surface area contributed by atoms with Crippen molar-refractivity contribution in [2.45, 2.75) is 70.3 Å². The lowest BCUT2D eigenvalue weighted by Crippen LogP contribution is -2.51. The predicted octanol–water partition coefficient (Wildman–Crippen LogP) is 3.63. The highest BCUT2D eigenvalue weighted by Crippen LogP contribution is 2.40. The average Bonchev–Trinajstić information content (AvgIpc) is 2.71. The van der Waals surface area contributed by atoms with E-state index in [4.69, 9.17) is 5.11 Å². The molecule has 0 spiro atoms. The molecule has 2 unspecified atom stereocenters. The van der Waals surface area contributed by atoms with E-state index in [0.717, 1.165) is 51.7 Å². The van der Waals surface area contributed by atoms with E-state index < -0.39 is 12.4 Å². The molecule has 1 aliphatic carbocycles. The molecule has 3 rings (SSSR count). The molecule has 6 nitrogen and oxygen atoms in total. The number of amides is 1. The van der Waals surface area contributed by atoms with Crippen LogP contribution in [-0.4, -0.2) is 64.1 Å². The number of carboxylic acid groups (broad SMARTS) is 1. The summed E-state index contributed by atoms with van der Waals surface area (Å²) in [5.74, 6) is -0.576. The third kappa shape index (κ3) is 5.34. The van der Waals surface area contributed by atoms with Gasteiger partial charge in [0.05, 0.1) is 0 Å². The molecule has 1 heterocycles. The number of hydrogen-bond acceptors (Lipinski definition) is 4. The fourth-order valence-corrected chi connectivity index (χ4v) is 5.19. The summed E-state index contributed by atoms with van der Waals surface area (Å²) < 4.78 is 0. The summed E-state index contributed by atoms with van der Waals surface area (Å²) in [7, 11) is 0. The first-order valence-electron chi connectivity index (χ1n) is 11.3. The molecule has 2 fully saturated rings. The molecule has 1 aromatic carbocycles. The van der Waals surface area contributed by atoms with Crippen LogP contribution in [0.2, 0.25) is 0 Å². The zero-order valence-corrected chi connectivity index (χ0v) is 18.3. The van der Waals surface area contributed by atoms with E-state index in [-0.39, 0.29) is 17.4 Å². The van der Waals surface area contributed by atoms with Gasteiger partial charge in [0.25, 0.3) is 0 Å². The first-order chi connectivity index (χ1) is 14.3. The number of hydrogen-bond donors (Lipinski definition) is 2. The van der Waals surface area contributed by atoms with Crippen LogP contribution in [0.5, 0.6) is 5.75 Å². The first kappa shape index (κ1) is 22.6. The zero-order valence-electron chi connectivity index (χ0n) is 18.3. The molecule has 1 saturated heterocycles. The summed E-state index contributed by atoms with van der Waals surface area (Å²) in [4.78, 5) is 28.0. The quantitative estimate of drug-likeness (QED) is 0.664. The molecule has 1 saturated carbocycles. The molecule has 6 heteroatoms. The van der Waals surface area contributed by atoms with Crippen molar-refractivity contribution in [3.05, 3.63) is 29.8 Å². The van der Waals surface area contributed by atoms with Gasteiger partial charge in [-0.15, -0.1) is 0 Å². The number of carbonyl (C=O) groups excluding carboxylic acids is 1. The van der Waals surface area contributed by atoms with Crippen molar-refractivity contribution in [3.8, 4) is 5.75 Å². The predicted molar refractivity (Wildman–Crippen MR) is 117 cm³/mol. The SMILES string of the molecule is CC1CN(CCN(C(=O)CC(=O)O)C2CCCCC2)CCC1(C)c1cccc(O)c1. The summed E-state index contributed by atoms with van der Waals surface area (Å²) in [6.07, 6.45) is 5.98. The van der Waals surface area contributed by atoms with Crippen LogP contribution in [0.15, 0.2) is 24.3 Å². The smallest absolute Gasteiger partial charge is 0.312 e. The zero-order chi connectivity index (χ0) is 21.7. The maximum absolute atomic E-state index is 12.6. The lowest BCUT2D eigenvalue weighted by molar-refractivity contribution is -0.145. The van der Waals surface area contributed by atoms with Crippen molar-refractivity contribution < 1.29 is 19.8 Å². The van der Waals surface area contributed by atoms with Gasteiger partial charge in [0.15, 0.2) is 0 Å². The third-order valence-corrected chi connectivity index (χ3v) is 7.37. The fourth-order valence-electron chi connectivity index (χ4n) is 5.19. The van der Waals surface area contributed by atoms with Crippen LogP contribution in [0.3, 0.4) is 0 Å². The minimum atomic E-state index is -1.05. The minimum absolute atomic E-state index is 0.0113. The van der Waals surface area contributed by atoms with Crippen molar-refractivity contribution in [2.75, 3.05) is 26.2 Å². The highest BCUT2D eigenvalue weighted by molar-refractivity contribution is 5.93. The lowest BCUT2D eigenvalue weighted by Gasteiger charge is -2.46. The van der Waals surface area contributed by atoms with Gasteiger partial charge >= 0.3 is 5.97 Å². The second-order valence-corrected chi connectivity index (χ2v) is 9.37. The lowest BCUT2D eigenvalue weighted by atomic mass is 9.68. The summed E-state index contributed by atoms with van der Waals surface area (Å²) in [5, 5.41) is 19.0. The van der Waals surface area contributed by atoms with Gasteiger partial charge in [-0.05, 0) is 54.8 Å². The molecule has 2 aliphatic rings. The van der Waals surface area contributed by atoms with Gasteiger partial charge in [0.1, 0.15) is 12.2 Å². The number of carboxylic acids is 1. The average molecular weight is 417 g/mol. The molecule has 0 radical (unpaired) electrons. The number of aliphatic carboxylic acids is 1. The largest absolute Gasteiger partial charge is 0.508 e. The van der Waals surface area contributed by atoms with Crippen LogP contribution < -0.4 is 0 Å². The Bertz CT molecular complexity index is 746. The summed E-state index contributed by atoms with van der Waals surface area (Å²) in [6.45, 7) is 7.77. The monoisotopic (exact) mass is 416 g/mol. The Labute approximate surface area is 179 Å². The van der Waals surface area contributed by atoms with Crippen molar-refractivity contribution in [3.63, 3.8) is 0 Å². The van der Waals surface area contributed by atoms with Crippen LogP contribution in [0.25, 0.3) is 0 Å². The van der Waals surface area contributed by atoms with E-state index in [1.165, 1.54) is 12.0 Å². The number of phenols is 1. The molecule has 30 heavy (non-hydrogen) atoms. The molecule has 0 bridgehead atoms. The standard InChI is InChI=1S/C24H36N2O4/c1-18-17-25(12-11-24(18,2)19-7-6-10-21(27)15-19)13-14-26(22(28)16-23(29)30)20-8-4-3-5-9-20/h6-7,10,15,18,20,27H,3-5,8-9,11-14,16-17H2,1-2H3,(H,29,30). The second kappa shape index (κ2) is 9.82. The maximum atomic E-state index is 12.6. The number of nitrogens with zero attached hydrogens (tertiary/aromatic N) is 2. The fraction of sp³-hybridized carbons (Fsp3) is 0.667. The highest BCUT2D eigenvalue weighted by atomic mass is 16.4. The van der Waals surface area contributed by atoms with Crippen molar-refractivity contribution >= 4 is 11.9 Å². The molecule has 0 aromatic heterocycles. The minimum Gasteiger partial charge on any atom is -0.508 e. The normalized spacial score (nSPS) is 25.7. The Morgan fingerprint density at radius 2 is 1.97 bits per heavy atom. The number of carbonyl (C=O) groups is 2. The molecule has 166 valence electrons. The van der Waals surface area contributed by atoms with Crippen molar-refractivity contribution in [1.82, 2.24) is 9.80 Å². The van der Waals surface area contributed by atoms with E-state index >= 15 is 0 Å². The molecule has 2 atom stereocenters. The van der Waals surface area contributed by atoms with Crippen LogP contribution in [0.1, 0.15) is 64.4 Å². The maximum Gasteiger partial charge on any atom is 0.312 e. The van der Waals surface area contributed by atoms with E-state index in [9.17, 15) is 14.7 Å². The van der Waals surface area contributed by atoms with Crippen LogP contribution in [0.4, 0.5) is 0 Å². The van der Waals surface area contributed by atoms with Gasteiger partial charge in [-0.25, -0.2) is 0 Å². The third-order valence-electron chi connectivity index (χ3n) is 7.37. The Balaban J connectivity index is 1.61. The van der Waals surface area contributed by atoms with E-state index in [1.807, 2.05) is 17.0 Å². The van der Waals surface area contributed by atoms with Gasteiger partial charge in [0.2, 0.25) is 5.91 Å². The first-order valence-corrected chi connectivity index (χ1v) is 11.3. The van der Waals surface area contributed by atoms with E-state index in [2.05, 4.69) is 24.8 Å². The van der Waals surface area contributed by atoms with Gasteiger partial charge < -0.3 is 20.0 Å². The van der Waals surface area contributed by atoms with E-state index in [1.54, 1.807) is 6.07 Å². The molecule has 1 amide bonds. The van der Waals surface area contributed by atoms with Crippen molar-refractivity contribution in [2.24, 2.45) is 5.92 Å². The Morgan fingerprint density at radius 3 is 2.60 bits per heavy atom. The van der Waals surface area contributed by atoms with Crippen LogP contribution >= 0.6 is 0 Å². The molecule has 2 N–H and O–H groups in total. The highest BCUT2D eigenvalue weighted by Gasteiger charge is 2.38. The molecular weight excluding hydrogens is 380 g/mol. The summed E-state index contributed by atoms with van der Waals surface area (Å²) in [5.41, 5.74) is 1.19. The topological polar surface area (TPSA) is 81.1 Å². The Kier molecular flexibility index (Phi) is 7.40. The summed E-state index contributed by atoms with van der Waals surface area (Å²) in [6, 6.07) is 7.78. The number of likely N-dealkylation sites (tertiary alicyclic amines) is 1. The van der Waals surface area contributed by atoms with Gasteiger partial charge in [-0.2, -0.15) is 0 Å². The number of aromatic hydroxyl groups is 1. The number of benzene rings is 1. The number of piperidine rings is 1. The Morgan fingerprint density at radius 1 is 1.23 bits per heavy atom. The van der Waals surface area contributed by atoms with Crippen LogP contribution in [-0.2, 0) is 15.0 Å². The number of phenolic OH excluding ortho intramolecular Hbond substituents is 1. The molecule has 1 aliphatic heterocycles. The second-order valence-electron chi connectivity index (χ2n) is 9.37.